The van der Waals surface area contributed by atoms with Crippen LogP contribution in [0.3, 0.4) is 0 Å². The van der Waals surface area contributed by atoms with Crippen LogP contribution >= 0.6 is 11.6 Å². The average molecular weight is 467 g/mol. The van der Waals surface area contributed by atoms with Crippen LogP contribution in [0.1, 0.15) is 28.8 Å². The lowest BCUT2D eigenvalue weighted by Gasteiger charge is -2.19. The maximum Gasteiger partial charge on any atom is 0.290 e. The molecular weight excluding hydrogens is 444 g/mol. The minimum atomic E-state index is -0.857. The predicted octanol–water partition coefficient (Wildman–Crippen LogP) is 2.85. The Morgan fingerprint density at radius 1 is 1.12 bits per heavy atom. The number of aromatic nitrogens is 2. The second-order valence-electron chi connectivity index (χ2n) is 7.62. The number of nitrogens with one attached hydrogen (secondary N) is 1. The second-order valence-corrected chi connectivity index (χ2v) is 8.06. The standard InChI is InChI=1S/C24H23ClN4O4/c1-3-29-23(31)20(12-13-26-29)28-14-19(15-6-10-18(33-2)11-7-15)21(24(28)32)27-22(30)16-4-8-17(25)9-5-16/h4-13,19,21H,3,14H2,1-2H3,(H,27,30)/t19-,21?/m0/s1. The van der Waals surface area contributed by atoms with Gasteiger partial charge in [-0.15, -0.1) is 0 Å². The molecule has 1 saturated heterocycles. The molecule has 170 valence electrons. The number of carbonyl (C=O) groups excluding carboxylic acids is 2. The number of amides is 2. The van der Waals surface area contributed by atoms with Crippen LogP contribution in [-0.2, 0) is 11.3 Å². The molecule has 2 amide bonds. The van der Waals surface area contributed by atoms with E-state index in [0.29, 0.717) is 22.9 Å². The van der Waals surface area contributed by atoms with Crippen LogP contribution in [-0.4, -0.2) is 41.3 Å². The molecule has 2 aromatic carbocycles. The number of halogens is 1. The Balaban J connectivity index is 1.70. The van der Waals surface area contributed by atoms with E-state index in [1.54, 1.807) is 50.4 Å². The van der Waals surface area contributed by atoms with E-state index in [1.165, 1.54) is 21.8 Å². The van der Waals surface area contributed by atoms with E-state index in [1.807, 2.05) is 12.1 Å². The summed E-state index contributed by atoms with van der Waals surface area (Å²) >= 11 is 5.92. The molecule has 0 bridgehead atoms. The molecule has 0 radical (unpaired) electrons. The fourth-order valence-corrected chi connectivity index (χ4v) is 4.08. The monoisotopic (exact) mass is 466 g/mol. The van der Waals surface area contributed by atoms with E-state index in [-0.39, 0.29) is 29.6 Å². The fourth-order valence-electron chi connectivity index (χ4n) is 3.96. The van der Waals surface area contributed by atoms with E-state index < -0.39 is 11.9 Å². The van der Waals surface area contributed by atoms with Gasteiger partial charge in [0, 0.05) is 35.8 Å². The molecule has 0 aliphatic carbocycles. The van der Waals surface area contributed by atoms with Crippen molar-refractivity contribution in [3.05, 3.63) is 87.3 Å². The molecule has 1 aliphatic heterocycles. The first-order valence-electron chi connectivity index (χ1n) is 10.5. The summed E-state index contributed by atoms with van der Waals surface area (Å²) in [6, 6.07) is 14.4. The highest BCUT2D eigenvalue weighted by Crippen LogP contribution is 2.32. The minimum Gasteiger partial charge on any atom is -0.497 e. The van der Waals surface area contributed by atoms with Crippen LogP contribution in [0.4, 0.5) is 5.69 Å². The Kier molecular flexibility index (Phi) is 6.46. The van der Waals surface area contributed by atoms with Crippen molar-refractivity contribution < 1.29 is 14.3 Å². The molecule has 1 N–H and O–H groups in total. The molecular formula is C24H23ClN4O4. The number of carbonyl (C=O) groups is 2. The number of nitrogens with zero attached hydrogens (tertiary/aromatic N) is 3. The van der Waals surface area contributed by atoms with Crippen molar-refractivity contribution in [1.29, 1.82) is 0 Å². The van der Waals surface area contributed by atoms with Crippen molar-refractivity contribution in [2.75, 3.05) is 18.6 Å². The van der Waals surface area contributed by atoms with E-state index in [9.17, 15) is 14.4 Å². The Labute approximate surface area is 195 Å². The Morgan fingerprint density at radius 2 is 1.82 bits per heavy atom. The van der Waals surface area contributed by atoms with Gasteiger partial charge in [-0.3, -0.25) is 14.4 Å². The van der Waals surface area contributed by atoms with E-state index in [2.05, 4.69) is 10.4 Å². The minimum absolute atomic E-state index is 0.235. The summed E-state index contributed by atoms with van der Waals surface area (Å²) in [5.74, 6) is -0.445. The van der Waals surface area contributed by atoms with Crippen LogP contribution in [0.25, 0.3) is 0 Å². The Bertz CT molecular complexity index is 1220. The largest absolute Gasteiger partial charge is 0.497 e. The number of benzene rings is 2. The number of rotatable bonds is 6. The van der Waals surface area contributed by atoms with Crippen molar-refractivity contribution in [3.63, 3.8) is 0 Å². The molecule has 0 saturated carbocycles. The molecule has 1 aromatic heterocycles. The smallest absolute Gasteiger partial charge is 0.290 e. The Morgan fingerprint density at radius 3 is 2.45 bits per heavy atom. The van der Waals surface area contributed by atoms with E-state index in [0.717, 1.165) is 5.56 Å². The van der Waals surface area contributed by atoms with Gasteiger partial charge in [-0.25, -0.2) is 4.68 Å². The van der Waals surface area contributed by atoms with Gasteiger partial charge >= 0.3 is 0 Å². The summed E-state index contributed by atoms with van der Waals surface area (Å²) in [5, 5.41) is 7.41. The molecule has 1 unspecified atom stereocenters. The van der Waals surface area contributed by atoms with E-state index in [4.69, 9.17) is 16.3 Å². The SMILES string of the molecule is CCn1nccc(N2C[C@@H](c3ccc(OC)cc3)C(NC(=O)c3ccc(Cl)cc3)C2=O)c1=O. The Hall–Kier alpha value is -3.65. The molecule has 33 heavy (non-hydrogen) atoms. The molecule has 9 heteroatoms. The van der Waals surface area contributed by atoms with Crippen LogP contribution in [0.5, 0.6) is 5.75 Å². The number of ether oxygens (including phenoxy) is 1. The highest BCUT2D eigenvalue weighted by Gasteiger charge is 2.43. The first-order valence-corrected chi connectivity index (χ1v) is 10.9. The quantitative estimate of drug-likeness (QED) is 0.603. The normalized spacial score (nSPS) is 17.8. The lowest BCUT2D eigenvalue weighted by Crippen LogP contribution is -2.44. The van der Waals surface area contributed by atoms with Gasteiger partial charge in [-0.05, 0) is 55.0 Å². The zero-order valence-electron chi connectivity index (χ0n) is 18.2. The summed E-state index contributed by atoms with van der Waals surface area (Å²) in [5.41, 5.74) is 1.11. The zero-order valence-corrected chi connectivity index (χ0v) is 19.0. The number of hydrogen-bond acceptors (Lipinski definition) is 5. The van der Waals surface area contributed by atoms with Crippen molar-refractivity contribution in [1.82, 2.24) is 15.1 Å². The lowest BCUT2D eigenvalue weighted by molar-refractivity contribution is -0.118. The third-order valence-electron chi connectivity index (χ3n) is 5.73. The maximum absolute atomic E-state index is 13.5. The predicted molar refractivity (Wildman–Crippen MR) is 125 cm³/mol. The van der Waals surface area contributed by atoms with Crippen LogP contribution < -0.4 is 20.5 Å². The van der Waals surface area contributed by atoms with Gasteiger partial charge in [0.05, 0.1) is 7.11 Å². The molecule has 2 atom stereocenters. The summed E-state index contributed by atoms with van der Waals surface area (Å²) in [7, 11) is 1.58. The number of aryl methyl sites for hydroxylation is 1. The van der Waals surface area contributed by atoms with Crippen molar-refractivity contribution >= 4 is 29.1 Å². The summed E-state index contributed by atoms with van der Waals surface area (Å²) in [4.78, 5) is 40.7. The molecule has 0 spiro atoms. The molecule has 1 aliphatic rings. The third-order valence-corrected chi connectivity index (χ3v) is 5.98. The van der Waals surface area contributed by atoms with Gasteiger partial charge in [-0.2, -0.15) is 5.10 Å². The second kappa shape index (κ2) is 9.46. The summed E-state index contributed by atoms with van der Waals surface area (Å²) < 4.78 is 6.53. The fraction of sp³-hybridized carbons (Fsp3) is 0.250. The molecule has 1 fully saturated rings. The maximum atomic E-state index is 13.5. The first kappa shape index (κ1) is 22.5. The van der Waals surface area contributed by atoms with Gasteiger partial charge in [-0.1, -0.05) is 23.7 Å². The lowest BCUT2D eigenvalue weighted by atomic mass is 9.93. The van der Waals surface area contributed by atoms with Gasteiger partial charge in [0.25, 0.3) is 11.5 Å². The summed E-state index contributed by atoms with van der Waals surface area (Å²) in [6.07, 6.45) is 1.50. The number of methoxy groups -OCH3 is 1. The zero-order chi connectivity index (χ0) is 23.5. The van der Waals surface area contributed by atoms with Gasteiger partial charge in [0.15, 0.2) is 0 Å². The highest BCUT2D eigenvalue weighted by atomic mass is 35.5. The van der Waals surface area contributed by atoms with Crippen molar-refractivity contribution in [3.8, 4) is 5.75 Å². The topological polar surface area (TPSA) is 93.5 Å². The van der Waals surface area contributed by atoms with Gasteiger partial charge in [0.2, 0.25) is 5.91 Å². The van der Waals surface area contributed by atoms with Crippen LogP contribution in [0, 0.1) is 0 Å². The highest BCUT2D eigenvalue weighted by molar-refractivity contribution is 6.30. The average Bonchev–Trinajstić information content (AvgIpc) is 3.15. The van der Waals surface area contributed by atoms with Crippen molar-refractivity contribution in [2.45, 2.75) is 25.4 Å². The van der Waals surface area contributed by atoms with E-state index >= 15 is 0 Å². The van der Waals surface area contributed by atoms with Crippen LogP contribution in [0.2, 0.25) is 5.02 Å². The number of anilines is 1. The summed E-state index contributed by atoms with van der Waals surface area (Å²) in [6.45, 7) is 2.42. The van der Waals surface area contributed by atoms with Crippen molar-refractivity contribution in [2.24, 2.45) is 0 Å². The third kappa shape index (κ3) is 4.47. The number of hydrogen-bond donors (Lipinski definition) is 1. The van der Waals surface area contributed by atoms with Gasteiger partial charge in [0.1, 0.15) is 17.5 Å². The van der Waals surface area contributed by atoms with Gasteiger partial charge < -0.3 is 15.0 Å². The van der Waals surface area contributed by atoms with Crippen LogP contribution in [0.15, 0.2) is 65.6 Å². The molecule has 3 aromatic rings. The molecule has 4 rings (SSSR count). The molecule has 2 heterocycles. The first-order chi connectivity index (χ1) is 15.9. The molecule has 8 nitrogen and oxygen atoms in total.